The molecule has 1 amide bonds. The number of alkyl halides is 2. The lowest BCUT2D eigenvalue weighted by atomic mass is 9.93. The molecule has 1 aromatic heterocycles. The predicted molar refractivity (Wildman–Crippen MR) is 139 cm³/mol. The number of nitrogens with zero attached hydrogens (tertiary/aromatic N) is 4. The lowest BCUT2D eigenvalue weighted by Gasteiger charge is -2.35. The van der Waals surface area contributed by atoms with Gasteiger partial charge in [-0.25, -0.2) is 18.2 Å². The van der Waals surface area contributed by atoms with Crippen LogP contribution >= 0.6 is 11.9 Å². The molecule has 2 aromatic rings. The zero-order valence-electron chi connectivity index (χ0n) is 20.5. The van der Waals surface area contributed by atoms with Crippen LogP contribution < -0.4 is 19.8 Å². The van der Waals surface area contributed by atoms with Gasteiger partial charge in [0.2, 0.25) is 5.95 Å². The minimum atomic E-state index is -2.67. The minimum absolute atomic E-state index is 0.0301. The number of carbonyl (C=O) groups excluding carboxylic acids is 1. The van der Waals surface area contributed by atoms with Crippen molar-refractivity contribution in [3.63, 3.8) is 0 Å². The molecule has 2 aliphatic heterocycles. The zero-order chi connectivity index (χ0) is 26.0. The molecule has 3 fully saturated rings. The number of amides is 1. The number of rotatable bonds is 8. The smallest absolute Gasteiger partial charge is 0.260 e. The highest BCUT2D eigenvalue weighted by atomic mass is 32.2. The Bertz CT molecular complexity index is 1130. The first kappa shape index (κ1) is 25.9. The molecule has 1 spiro atoms. The molecule has 0 atom stereocenters. The molecule has 0 bridgehead atoms. The Hall–Kier alpha value is -2.73. The van der Waals surface area contributed by atoms with Gasteiger partial charge in [-0.2, -0.15) is 4.98 Å². The topological polar surface area (TPSA) is 93.6 Å². The number of halogens is 3. The molecule has 37 heavy (non-hydrogen) atoms. The molecule has 5 rings (SSSR count). The van der Waals surface area contributed by atoms with Crippen LogP contribution in [0, 0.1) is 11.2 Å². The van der Waals surface area contributed by atoms with Gasteiger partial charge in [-0.15, -0.1) is 0 Å². The van der Waals surface area contributed by atoms with Crippen LogP contribution in [0.5, 0.6) is 0 Å². The Labute approximate surface area is 218 Å². The molecular formula is C25H31F3N6O2S. The van der Waals surface area contributed by atoms with Gasteiger partial charge in [0, 0.05) is 51.0 Å². The van der Waals surface area contributed by atoms with Crippen LogP contribution in [0.25, 0.3) is 0 Å². The number of anilines is 4. The molecule has 3 N–H and O–H groups in total. The number of benzene rings is 1. The molecule has 1 saturated carbocycles. The Morgan fingerprint density at radius 2 is 1.76 bits per heavy atom. The van der Waals surface area contributed by atoms with Gasteiger partial charge in [-0.05, 0) is 49.3 Å². The Balaban J connectivity index is 1.36. The Morgan fingerprint density at radius 1 is 1.05 bits per heavy atom. The molecule has 0 radical (unpaired) electrons. The van der Waals surface area contributed by atoms with E-state index in [1.165, 1.54) is 37.1 Å². The molecule has 1 aliphatic carbocycles. The third-order valence-electron chi connectivity index (χ3n) is 7.51. The second kappa shape index (κ2) is 10.6. The third kappa shape index (κ3) is 6.06. The second-order valence-corrected chi connectivity index (χ2v) is 10.9. The van der Waals surface area contributed by atoms with E-state index in [1.807, 2.05) is 0 Å². The summed E-state index contributed by atoms with van der Waals surface area (Å²) in [5.74, 6) is -2.92. The summed E-state index contributed by atoms with van der Waals surface area (Å²) in [6.45, 7) is 1.83. The molecular weight excluding hydrogens is 505 g/mol. The zero-order valence-corrected chi connectivity index (χ0v) is 21.3. The molecule has 0 unspecified atom stereocenters. The fourth-order valence-electron chi connectivity index (χ4n) is 4.97. The molecule has 200 valence electrons. The predicted octanol–water partition coefficient (Wildman–Crippen LogP) is 4.54. The van der Waals surface area contributed by atoms with E-state index < -0.39 is 17.6 Å². The fourth-order valence-corrected chi connectivity index (χ4v) is 5.48. The summed E-state index contributed by atoms with van der Waals surface area (Å²) in [5.41, 5.74) is 1.48. The molecule has 12 heteroatoms. The van der Waals surface area contributed by atoms with E-state index in [0.717, 1.165) is 25.9 Å². The number of aliphatic hydroxyl groups is 1. The minimum Gasteiger partial charge on any atom is -0.395 e. The van der Waals surface area contributed by atoms with Gasteiger partial charge in [-0.3, -0.25) is 10.1 Å². The number of carbonyl (C=O) groups is 1. The van der Waals surface area contributed by atoms with Gasteiger partial charge in [0.25, 0.3) is 11.8 Å². The molecule has 1 aromatic carbocycles. The van der Waals surface area contributed by atoms with E-state index >= 15 is 0 Å². The maximum atomic E-state index is 15.0. The SMILES string of the molecule is O=C(Nc1nccc(N2CCC(F)(F)CC2)n1)c1cc(F)c(NSCCO)cc1N1CCC2(CC1)CC2. The van der Waals surface area contributed by atoms with Crippen LogP contribution in [-0.4, -0.2) is 65.4 Å². The van der Waals surface area contributed by atoms with Crippen molar-refractivity contribution in [3.05, 3.63) is 35.8 Å². The lowest BCUT2D eigenvalue weighted by molar-refractivity contribution is -0.0221. The highest BCUT2D eigenvalue weighted by Gasteiger charge is 2.44. The van der Waals surface area contributed by atoms with Gasteiger partial charge >= 0.3 is 0 Å². The van der Waals surface area contributed by atoms with Crippen LogP contribution in [-0.2, 0) is 0 Å². The van der Waals surface area contributed by atoms with Gasteiger partial charge in [0.1, 0.15) is 11.6 Å². The van der Waals surface area contributed by atoms with Crippen LogP contribution in [0.15, 0.2) is 24.4 Å². The fraction of sp³-hybridized carbons (Fsp3) is 0.560. The largest absolute Gasteiger partial charge is 0.395 e. The second-order valence-electron chi connectivity index (χ2n) is 10.0. The van der Waals surface area contributed by atoms with E-state index in [9.17, 15) is 18.0 Å². The van der Waals surface area contributed by atoms with Gasteiger partial charge in [0.05, 0.1) is 23.5 Å². The van der Waals surface area contributed by atoms with Crippen molar-refractivity contribution in [3.8, 4) is 0 Å². The number of nitrogens with one attached hydrogen (secondary N) is 2. The first-order valence-corrected chi connectivity index (χ1v) is 13.6. The first-order valence-electron chi connectivity index (χ1n) is 12.6. The first-order chi connectivity index (χ1) is 17.8. The van der Waals surface area contributed by atoms with E-state index in [-0.39, 0.29) is 49.7 Å². The number of aromatic nitrogens is 2. The van der Waals surface area contributed by atoms with E-state index in [2.05, 4.69) is 24.9 Å². The summed E-state index contributed by atoms with van der Waals surface area (Å²) in [4.78, 5) is 25.7. The average Bonchev–Trinajstić information content (AvgIpc) is 3.64. The van der Waals surface area contributed by atoms with Crippen molar-refractivity contribution in [1.29, 1.82) is 0 Å². The summed E-state index contributed by atoms with van der Waals surface area (Å²) >= 11 is 1.19. The molecule has 2 saturated heterocycles. The van der Waals surface area contributed by atoms with E-state index in [1.54, 1.807) is 17.0 Å². The number of piperidine rings is 2. The van der Waals surface area contributed by atoms with Crippen molar-refractivity contribution < 1.29 is 23.1 Å². The highest BCUT2D eigenvalue weighted by molar-refractivity contribution is 8.00. The summed E-state index contributed by atoms with van der Waals surface area (Å²) in [6.07, 6.45) is 5.51. The van der Waals surface area contributed by atoms with Crippen molar-refractivity contribution in [2.24, 2.45) is 5.41 Å². The number of aliphatic hydroxyl groups excluding tert-OH is 1. The van der Waals surface area contributed by atoms with Gasteiger partial charge < -0.3 is 19.6 Å². The van der Waals surface area contributed by atoms with Crippen molar-refractivity contribution in [1.82, 2.24) is 9.97 Å². The Kier molecular flexibility index (Phi) is 7.39. The molecule has 3 heterocycles. The van der Waals surface area contributed by atoms with Crippen molar-refractivity contribution >= 4 is 41.0 Å². The van der Waals surface area contributed by atoms with Crippen LogP contribution in [0.2, 0.25) is 0 Å². The monoisotopic (exact) mass is 536 g/mol. The normalized spacial score (nSPS) is 20.1. The third-order valence-corrected chi connectivity index (χ3v) is 8.26. The standard InChI is InChI=1S/C25H31F3N6O2S/c26-18-15-17(20(16-19(18)32-37-14-13-35)33-9-4-24(2-3-24)5-10-33)22(36)31-23-29-8-1-21(30-23)34-11-6-25(27,28)7-12-34/h1,8,15-16,32,35H,2-7,9-14H2,(H,29,30,31,36). The average molecular weight is 537 g/mol. The van der Waals surface area contributed by atoms with Crippen molar-refractivity contribution in [2.45, 2.75) is 44.4 Å². The van der Waals surface area contributed by atoms with Crippen LogP contribution in [0.4, 0.5) is 36.3 Å². The van der Waals surface area contributed by atoms with Crippen LogP contribution in [0.3, 0.4) is 0 Å². The number of hydrogen-bond acceptors (Lipinski definition) is 8. The van der Waals surface area contributed by atoms with Gasteiger partial charge in [0.15, 0.2) is 0 Å². The Morgan fingerprint density at radius 3 is 2.43 bits per heavy atom. The quantitative estimate of drug-likeness (QED) is 0.335. The lowest BCUT2D eigenvalue weighted by Crippen LogP contribution is -2.39. The number of hydrogen-bond donors (Lipinski definition) is 3. The van der Waals surface area contributed by atoms with Crippen molar-refractivity contribution in [2.75, 3.05) is 58.4 Å². The van der Waals surface area contributed by atoms with Crippen LogP contribution in [0.1, 0.15) is 48.9 Å². The highest BCUT2D eigenvalue weighted by Crippen LogP contribution is 2.54. The summed E-state index contributed by atoms with van der Waals surface area (Å²) in [7, 11) is 0. The van der Waals surface area contributed by atoms with E-state index in [0.29, 0.717) is 22.7 Å². The maximum Gasteiger partial charge on any atom is 0.260 e. The molecule has 3 aliphatic rings. The summed E-state index contributed by atoms with van der Waals surface area (Å²) < 4.78 is 45.0. The summed E-state index contributed by atoms with van der Waals surface area (Å²) in [6, 6.07) is 4.48. The molecule has 8 nitrogen and oxygen atoms in total. The summed E-state index contributed by atoms with van der Waals surface area (Å²) in [5, 5.41) is 11.7. The van der Waals surface area contributed by atoms with E-state index in [4.69, 9.17) is 5.11 Å². The maximum absolute atomic E-state index is 15.0. The van der Waals surface area contributed by atoms with Gasteiger partial charge in [-0.1, -0.05) is 11.9 Å².